The summed E-state index contributed by atoms with van der Waals surface area (Å²) in [5.74, 6) is 0.839. The van der Waals surface area contributed by atoms with Crippen LogP contribution in [0.3, 0.4) is 0 Å². The van der Waals surface area contributed by atoms with Crippen molar-refractivity contribution in [2.75, 3.05) is 13.1 Å². The van der Waals surface area contributed by atoms with Crippen LogP contribution in [0.5, 0.6) is 0 Å². The number of likely N-dealkylation sites (N-methyl/N-ethyl adjacent to an activating group) is 1. The van der Waals surface area contributed by atoms with Gasteiger partial charge in [-0.25, -0.2) is 0 Å². The number of carbonyl (C=O) groups excluding carboxylic acids is 1. The molecule has 0 aromatic rings. The van der Waals surface area contributed by atoms with Crippen LogP contribution in [0.25, 0.3) is 0 Å². The van der Waals surface area contributed by atoms with Gasteiger partial charge in [-0.2, -0.15) is 0 Å². The Labute approximate surface area is 130 Å². The second-order valence-corrected chi connectivity index (χ2v) is 7.24. The van der Waals surface area contributed by atoms with E-state index < -0.39 is 0 Å². The molecule has 2 rings (SSSR count). The summed E-state index contributed by atoms with van der Waals surface area (Å²) in [5, 5.41) is 6.80. The molecule has 3 atom stereocenters. The number of nitrogens with zero attached hydrogens (tertiary/aromatic N) is 1. The Morgan fingerprint density at radius 3 is 2.38 bits per heavy atom. The maximum absolute atomic E-state index is 12.4. The average Bonchev–Trinajstić information content (AvgIpc) is 2.78. The highest BCUT2D eigenvalue weighted by Gasteiger charge is 2.37. The molecule has 0 aliphatic carbocycles. The first-order chi connectivity index (χ1) is 10.0. The van der Waals surface area contributed by atoms with Gasteiger partial charge in [0.25, 0.3) is 0 Å². The number of piperidine rings is 1. The third kappa shape index (κ3) is 4.43. The molecule has 2 fully saturated rings. The molecule has 0 aromatic heterocycles. The van der Waals surface area contributed by atoms with E-state index >= 15 is 0 Å². The van der Waals surface area contributed by atoms with Gasteiger partial charge in [0.1, 0.15) is 0 Å². The van der Waals surface area contributed by atoms with E-state index in [1.807, 2.05) is 0 Å². The lowest BCUT2D eigenvalue weighted by Gasteiger charge is -2.40. The van der Waals surface area contributed by atoms with E-state index in [4.69, 9.17) is 0 Å². The summed E-state index contributed by atoms with van der Waals surface area (Å²) in [6.45, 7) is 10.4. The summed E-state index contributed by atoms with van der Waals surface area (Å²) in [4.78, 5) is 14.8. The van der Waals surface area contributed by atoms with Gasteiger partial charge in [0.05, 0.1) is 6.04 Å². The minimum Gasteiger partial charge on any atom is -0.355 e. The van der Waals surface area contributed by atoms with Gasteiger partial charge in [0, 0.05) is 24.7 Å². The fourth-order valence-corrected chi connectivity index (χ4v) is 3.93. The molecule has 0 aromatic carbocycles. The molecule has 4 nitrogen and oxygen atoms in total. The van der Waals surface area contributed by atoms with E-state index in [2.05, 4.69) is 43.2 Å². The highest BCUT2D eigenvalue weighted by atomic mass is 16.2. The van der Waals surface area contributed by atoms with Crippen molar-refractivity contribution in [3.05, 3.63) is 0 Å². The highest BCUT2D eigenvalue weighted by molar-refractivity contribution is 5.81. The minimum absolute atomic E-state index is 0.00957. The van der Waals surface area contributed by atoms with Gasteiger partial charge in [-0.1, -0.05) is 20.8 Å². The van der Waals surface area contributed by atoms with Gasteiger partial charge >= 0.3 is 0 Å². The van der Waals surface area contributed by atoms with E-state index in [9.17, 15) is 4.79 Å². The fourth-order valence-electron chi connectivity index (χ4n) is 3.93. The molecule has 4 heteroatoms. The quantitative estimate of drug-likeness (QED) is 0.756. The lowest BCUT2D eigenvalue weighted by Crippen LogP contribution is -2.54. The van der Waals surface area contributed by atoms with Crippen LogP contribution in [0.4, 0.5) is 0 Å². The Hall–Kier alpha value is -0.610. The molecule has 2 saturated heterocycles. The van der Waals surface area contributed by atoms with Gasteiger partial charge in [-0.05, 0) is 51.5 Å². The molecular formula is C17H33N3O. The molecule has 122 valence electrons. The van der Waals surface area contributed by atoms with Crippen LogP contribution >= 0.6 is 0 Å². The fraction of sp³-hybridized carbons (Fsp3) is 0.941. The van der Waals surface area contributed by atoms with Crippen LogP contribution in [-0.4, -0.2) is 48.1 Å². The molecule has 21 heavy (non-hydrogen) atoms. The van der Waals surface area contributed by atoms with E-state index in [1.165, 1.54) is 25.7 Å². The predicted molar refractivity (Wildman–Crippen MR) is 87.3 cm³/mol. The molecule has 0 radical (unpaired) electrons. The Bertz CT molecular complexity index is 333. The maximum atomic E-state index is 12.4. The van der Waals surface area contributed by atoms with Crippen molar-refractivity contribution in [2.24, 2.45) is 5.92 Å². The van der Waals surface area contributed by atoms with Crippen molar-refractivity contribution in [1.29, 1.82) is 0 Å². The first-order valence-electron chi connectivity index (χ1n) is 8.80. The number of carbonyl (C=O) groups is 1. The molecule has 1 amide bonds. The lowest BCUT2D eigenvalue weighted by atomic mass is 9.96. The smallest absolute Gasteiger partial charge is 0.237 e. The van der Waals surface area contributed by atoms with Crippen molar-refractivity contribution in [3.8, 4) is 0 Å². The molecule has 2 bridgehead atoms. The number of nitrogens with one attached hydrogen (secondary N) is 2. The summed E-state index contributed by atoms with van der Waals surface area (Å²) in [6, 6.07) is 1.92. The van der Waals surface area contributed by atoms with Crippen LogP contribution in [0.1, 0.15) is 59.8 Å². The zero-order chi connectivity index (χ0) is 15.4. The summed E-state index contributed by atoms with van der Waals surface area (Å²) in [6.07, 6.45) is 6.09. The Morgan fingerprint density at radius 1 is 1.24 bits per heavy atom. The molecule has 2 aliphatic heterocycles. The van der Waals surface area contributed by atoms with Crippen molar-refractivity contribution in [1.82, 2.24) is 15.5 Å². The van der Waals surface area contributed by atoms with Gasteiger partial charge in [-0.15, -0.1) is 0 Å². The number of rotatable bonds is 7. The third-order valence-electron chi connectivity index (χ3n) is 5.18. The number of amides is 1. The Kier molecular flexibility index (Phi) is 6.06. The van der Waals surface area contributed by atoms with Crippen LogP contribution in [0.2, 0.25) is 0 Å². The van der Waals surface area contributed by atoms with E-state index in [1.54, 1.807) is 0 Å². The third-order valence-corrected chi connectivity index (χ3v) is 5.18. The number of hydrogen-bond acceptors (Lipinski definition) is 3. The summed E-state index contributed by atoms with van der Waals surface area (Å²) < 4.78 is 0. The highest BCUT2D eigenvalue weighted by Crippen LogP contribution is 2.30. The Morgan fingerprint density at radius 2 is 1.86 bits per heavy atom. The molecule has 2 aliphatic rings. The zero-order valence-corrected chi connectivity index (χ0v) is 14.2. The van der Waals surface area contributed by atoms with Crippen molar-refractivity contribution in [2.45, 2.75) is 84.0 Å². The van der Waals surface area contributed by atoms with Crippen molar-refractivity contribution < 1.29 is 4.79 Å². The van der Waals surface area contributed by atoms with Gasteiger partial charge in [0.2, 0.25) is 5.91 Å². The minimum atomic E-state index is -0.00957. The predicted octanol–water partition coefficient (Wildman–Crippen LogP) is 2.14. The molecular weight excluding hydrogens is 262 g/mol. The van der Waals surface area contributed by atoms with Gasteiger partial charge < -0.3 is 10.6 Å². The second kappa shape index (κ2) is 7.59. The van der Waals surface area contributed by atoms with Gasteiger partial charge in [-0.3, -0.25) is 9.69 Å². The van der Waals surface area contributed by atoms with Crippen molar-refractivity contribution in [3.63, 3.8) is 0 Å². The number of fused-ring (bicyclic) bond motifs is 2. The van der Waals surface area contributed by atoms with Gasteiger partial charge in [0.15, 0.2) is 0 Å². The van der Waals surface area contributed by atoms with E-state index in [0.717, 1.165) is 19.5 Å². The van der Waals surface area contributed by atoms with Crippen LogP contribution in [0, 0.1) is 5.92 Å². The van der Waals surface area contributed by atoms with E-state index in [0.29, 0.717) is 24.0 Å². The molecule has 2 N–H and O–H groups in total. The molecule has 0 saturated carbocycles. The first-order valence-corrected chi connectivity index (χ1v) is 8.80. The number of hydrogen-bond donors (Lipinski definition) is 2. The van der Waals surface area contributed by atoms with E-state index in [-0.39, 0.29) is 11.9 Å². The lowest BCUT2D eigenvalue weighted by molar-refractivity contribution is -0.127. The summed E-state index contributed by atoms with van der Waals surface area (Å²) >= 11 is 0. The normalized spacial score (nSPS) is 29.9. The maximum Gasteiger partial charge on any atom is 0.237 e. The summed E-state index contributed by atoms with van der Waals surface area (Å²) in [7, 11) is 0. The largest absolute Gasteiger partial charge is 0.355 e. The van der Waals surface area contributed by atoms with Crippen LogP contribution in [0.15, 0.2) is 0 Å². The average molecular weight is 295 g/mol. The van der Waals surface area contributed by atoms with Crippen LogP contribution < -0.4 is 10.6 Å². The monoisotopic (exact) mass is 295 g/mol. The standard InChI is InChI=1S/C17H33N3O/c1-5-20(13(4)17(21)18-9-8-12(2)3)16-10-14-6-7-15(11-16)19-14/h12-16,19H,5-11H2,1-4H3,(H,18,21). The van der Waals surface area contributed by atoms with Crippen molar-refractivity contribution >= 4 is 5.91 Å². The second-order valence-electron chi connectivity index (χ2n) is 7.24. The topological polar surface area (TPSA) is 44.4 Å². The molecule has 3 unspecified atom stereocenters. The Balaban J connectivity index is 1.85. The first kappa shape index (κ1) is 16.8. The summed E-state index contributed by atoms with van der Waals surface area (Å²) in [5.41, 5.74) is 0. The molecule has 0 spiro atoms. The molecule has 2 heterocycles. The van der Waals surface area contributed by atoms with Crippen LogP contribution in [-0.2, 0) is 4.79 Å². The zero-order valence-electron chi connectivity index (χ0n) is 14.2. The SMILES string of the molecule is CCN(C1CC2CCC(C1)N2)C(C)C(=O)NCCC(C)C.